The van der Waals surface area contributed by atoms with Crippen LogP contribution in [0.1, 0.15) is 31.2 Å². The zero-order valence-electron chi connectivity index (χ0n) is 16.3. The molecule has 0 aliphatic heterocycles. The second kappa shape index (κ2) is 11.0. The Morgan fingerprint density at radius 2 is 2.00 bits per heavy atom. The van der Waals surface area contributed by atoms with Crippen molar-refractivity contribution in [3.05, 3.63) is 42.1 Å². The number of imidazole rings is 1. The first-order chi connectivity index (χ1) is 13.2. The monoisotopic (exact) mass is 497 g/mol. The average Bonchev–Trinajstić information content (AvgIpc) is 3.45. The molecule has 28 heavy (non-hydrogen) atoms. The number of pyridine rings is 1. The van der Waals surface area contributed by atoms with Crippen LogP contribution in [0.2, 0.25) is 0 Å². The number of hydrogen-bond acceptors (Lipinski definition) is 4. The lowest BCUT2D eigenvalue weighted by atomic mass is 10.3. The minimum Gasteiger partial charge on any atom is -0.357 e. The lowest BCUT2D eigenvalue weighted by Gasteiger charge is -2.12. The number of guanidine groups is 1. The molecular formula is C19H28IN7O. The zero-order chi connectivity index (χ0) is 19.1. The van der Waals surface area contributed by atoms with Crippen LogP contribution in [0.4, 0.5) is 0 Å². The number of nitrogens with zero attached hydrogens (tertiary/aromatic N) is 4. The highest BCUT2D eigenvalue weighted by atomic mass is 127. The van der Waals surface area contributed by atoms with Crippen LogP contribution >= 0.6 is 24.0 Å². The molecule has 0 bridgehead atoms. The van der Waals surface area contributed by atoms with Gasteiger partial charge in [-0.05, 0) is 38.3 Å². The van der Waals surface area contributed by atoms with E-state index in [9.17, 15) is 4.79 Å². The number of carbonyl (C=O) groups is 1. The SMILES string of the molecule is CCNC(=NCc1ccc(-n2ccnc2C)nc1)NCCNC(=O)C1CC1.I. The van der Waals surface area contributed by atoms with Gasteiger partial charge in [0.15, 0.2) is 5.96 Å². The fourth-order valence-electron chi connectivity index (χ4n) is 2.64. The fraction of sp³-hybridized carbons (Fsp3) is 0.474. The first kappa shape index (κ1) is 22.1. The molecule has 1 aliphatic rings. The second-order valence-electron chi connectivity index (χ2n) is 6.56. The molecule has 0 aromatic carbocycles. The van der Waals surface area contributed by atoms with Crippen molar-refractivity contribution < 1.29 is 4.79 Å². The molecule has 3 N–H and O–H groups in total. The maximum Gasteiger partial charge on any atom is 0.223 e. The molecule has 0 radical (unpaired) electrons. The summed E-state index contributed by atoms with van der Waals surface area (Å²) in [7, 11) is 0. The van der Waals surface area contributed by atoms with Crippen LogP contribution in [-0.4, -0.2) is 46.0 Å². The molecule has 0 atom stereocenters. The Bertz CT molecular complexity index is 784. The summed E-state index contributed by atoms with van der Waals surface area (Å²) >= 11 is 0. The number of aryl methyl sites for hydroxylation is 1. The molecule has 1 amide bonds. The lowest BCUT2D eigenvalue weighted by molar-refractivity contribution is -0.122. The van der Waals surface area contributed by atoms with Crippen LogP contribution in [0.5, 0.6) is 0 Å². The normalized spacial score (nSPS) is 13.6. The largest absolute Gasteiger partial charge is 0.357 e. The van der Waals surface area contributed by atoms with Crippen molar-refractivity contribution in [3.8, 4) is 5.82 Å². The van der Waals surface area contributed by atoms with Gasteiger partial charge in [-0.15, -0.1) is 24.0 Å². The highest BCUT2D eigenvalue weighted by Gasteiger charge is 2.28. The first-order valence-corrected chi connectivity index (χ1v) is 9.42. The van der Waals surface area contributed by atoms with Crippen LogP contribution in [0.3, 0.4) is 0 Å². The van der Waals surface area contributed by atoms with E-state index < -0.39 is 0 Å². The number of aliphatic imine (C=N–C) groups is 1. The van der Waals surface area contributed by atoms with Crippen LogP contribution in [0, 0.1) is 12.8 Å². The molecule has 1 aliphatic carbocycles. The topological polar surface area (TPSA) is 96.2 Å². The maximum atomic E-state index is 11.6. The third kappa shape index (κ3) is 6.47. The molecule has 1 saturated carbocycles. The molecule has 9 heteroatoms. The van der Waals surface area contributed by atoms with Crippen LogP contribution in [0.15, 0.2) is 35.7 Å². The van der Waals surface area contributed by atoms with Gasteiger partial charge in [-0.2, -0.15) is 0 Å². The van der Waals surface area contributed by atoms with E-state index in [2.05, 4.69) is 30.9 Å². The number of aromatic nitrogens is 3. The van der Waals surface area contributed by atoms with E-state index in [0.29, 0.717) is 19.6 Å². The van der Waals surface area contributed by atoms with E-state index in [4.69, 9.17) is 0 Å². The Hall–Kier alpha value is -2.17. The summed E-state index contributed by atoms with van der Waals surface area (Å²) < 4.78 is 1.94. The zero-order valence-corrected chi connectivity index (χ0v) is 18.6. The Labute approximate surface area is 182 Å². The van der Waals surface area contributed by atoms with E-state index in [1.54, 1.807) is 6.20 Å². The van der Waals surface area contributed by atoms with Crippen molar-refractivity contribution in [2.45, 2.75) is 33.2 Å². The van der Waals surface area contributed by atoms with Gasteiger partial charge in [-0.3, -0.25) is 9.36 Å². The molecule has 0 unspecified atom stereocenters. The van der Waals surface area contributed by atoms with Crippen LogP contribution < -0.4 is 16.0 Å². The molecule has 152 valence electrons. The minimum atomic E-state index is 0. The van der Waals surface area contributed by atoms with Gasteiger partial charge in [-0.25, -0.2) is 15.0 Å². The molecule has 8 nitrogen and oxygen atoms in total. The van der Waals surface area contributed by atoms with Gasteiger partial charge >= 0.3 is 0 Å². The van der Waals surface area contributed by atoms with Crippen molar-refractivity contribution in [3.63, 3.8) is 0 Å². The number of amides is 1. The highest BCUT2D eigenvalue weighted by molar-refractivity contribution is 14.0. The number of halogens is 1. The summed E-state index contributed by atoms with van der Waals surface area (Å²) in [4.78, 5) is 24.9. The van der Waals surface area contributed by atoms with E-state index in [1.165, 1.54) is 0 Å². The summed E-state index contributed by atoms with van der Waals surface area (Å²) in [5, 5.41) is 9.39. The highest BCUT2D eigenvalue weighted by Crippen LogP contribution is 2.28. The van der Waals surface area contributed by atoms with Crippen molar-refractivity contribution in [1.29, 1.82) is 0 Å². The second-order valence-corrected chi connectivity index (χ2v) is 6.56. The van der Waals surface area contributed by atoms with Gasteiger partial charge in [-0.1, -0.05) is 6.07 Å². The summed E-state index contributed by atoms with van der Waals surface area (Å²) in [6.07, 6.45) is 7.53. The predicted octanol–water partition coefficient (Wildman–Crippen LogP) is 1.78. The Morgan fingerprint density at radius 3 is 2.61 bits per heavy atom. The van der Waals surface area contributed by atoms with Gasteiger partial charge in [0.1, 0.15) is 11.6 Å². The van der Waals surface area contributed by atoms with Gasteiger partial charge in [0.2, 0.25) is 5.91 Å². The van der Waals surface area contributed by atoms with Crippen LogP contribution in [0.25, 0.3) is 5.82 Å². The molecule has 2 aromatic rings. The quantitative estimate of drug-likeness (QED) is 0.224. The van der Waals surface area contributed by atoms with Gasteiger partial charge < -0.3 is 16.0 Å². The van der Waals surface area contributed by atoms with Crippen molar-refractivity contribution in [2.75, 3.05) is 19.6 Å². The van der Waals surface area contributed by atoms with Gasteiger partial charge in [0.25, 0.3) is 0 Å². The fourth-order valence-corrected chi connectivity index (χ4v) is 2.64. The first-order valence-electron chi connectivity index (χ1n) is 9.42. The summed E-state index contributed by atoms with van der Waals surface area (Å²) in [6.45, 7) is 6.51. The smallest absolute Gasteiger partial charge is 0.223 e. The van der Waals surface area contributed by atoms with Crippen LogP contribution in [-0.2, 0) is 11.3 Å². The molecule has 1 fully saturated rings. The van der Waals surface area contributed by atoms with Gasteiger partial charge in [0.05, 0.1) is 6.54 Å². The Morgan fingerprint density at radius 1 is 1.21 bits per heavy atom. The predicted molar refractivity (Wildman–Crippen MR) is 120 cm³/mol. The van der Waals surface area contributed by atoms with Crippen molar-refractivity contribution in [1.82, 2.24) is 30.5 Å². The Balaban J connectivity index is 0.00000280. The molecule has 0 spiro atoms. The summed E-state index contributed by atoms with van der Waals surface area (Å²) in [5.41, 5.74) is 1.02. The number of rotatable bonds is 8. The van der Waals surface area contributed by atoms with E-state index >= 15 is 0 Å². The molecule has 0 saturated heterocycles. The Kier molecular flexibility index (Phi) is 8.68. The van der Waals surface area contributed by atoms with Crippen molar-refractivity contribution >= 4 is 35.8 Å². The third-order valence-electron chi connectivity index (χ3n) is 4.31. The molecule has 2 aromatic heterocycles. The molecular weight excluding hydrogens is 469 g/mol. The van der Waals surface area contributed by atoms with Crippen molar-refractivity contribution in [2.24, 2.45) is 10.9 Å². The van der Waals surface area contributed by atoms with E-state index in [1.807, 2.05) is 42.9 Å². The number of hydrogen-bond donors (Lipinski definition) is 3. The van der Waals surface area contributed by atoms with E-state index in [0.717, 1.165) is 42.6 Å². The standard InChI is InChI=1S/C19H27N7O.HI/c1-3-20-19(23-9-8-22-18(27)16-5-6-16)25-13-15-4-7-17(24-12-15)26-11-10-21-14(26)2;/h4,7,10-12,16H,3,5-6,8-9,13H2,1-2H3,(H,22,27)(H2,20,23,25);1H. The minimum absolute atomic E-state index is 0. The average molecular weight is 497 g/mol. The maximum absolute atomic E-state index is 11.6. The molecule has 3 rings (SSSR count). The lowest BCUT2D eigenvalue weighted by Crippen LogP contribution is -2.41. The summed E-state index contributed by atoms with van der Waals surface area (Å²) in [5.74, 6) is 2.88. The molecule has 2 heterocycles. The van der Waals surface area contributed by atoms with E-state index in [-0.39, 0.29) is 35.8 Å². The van der Waals surface area contributed by atoms with Gasteiger partial charge in [0, 0.05) is 44.1 Å². The third-order valence-corrected chi connectivity index (χ3v) is 4.31. The summed E-state index contributed by atoms with van der Waals surface area (Å²) in [6, 6.07) is 3.98. The number of nitrogens with one attached hydrogen (secondary N) is 3. The number of carbonyl (C=O) groups excluding carboxylic acids is 1.